The molecule has 0 amide bonds. The molecule has 0 aromatic heterocycles. The van der Waals surface area contributed by atoms with Gasteiger partial charge in [0.15, 0.2) is 0 Å². The summed E-state index contributed by atoms with van der Waals surface area (Å²) in [6.45, 7) is 1.45. The van der Waals surface area contributed by atoms with Crippen LogP contribution in [-0.2, 0) is 9.47 Å². The Balaban J connectivity index is 2.89. The third-order valence-electron chi connectivity index (χ3n) is 0.998. The van der Waals surface area contributed by atoms with Gasteiger partial charge < -0.3 is 20.3 Å². The zero-order valence-corrected chi connectivity index (χ0v) is 6.25. The van der Waals surface area contributed by atoms with E-state index in [2.05, 4.69) is 0 Å². The molecule has 62 valence electrons. The van der Waals surface area contributed by atoms with E-state index in [-0.39, 0.29) is 12.6 Å². The van der Waals surface area contributed by atoms with Gasteiger partial charge in [0, 0.05) is 7.11 Å². The molecule has 0 heterocycles. The third kappa shape index (κ3) is 5.97. The van der Waals surface area contributed by atoms with Crippen molar-refractivity contribution in [2.45, 2.75) is 6.04 Å². The molecule has 10 heavy (non-hydrogen) atoms. The first kappa shape index (κ1) is 9.84. The Morgan fingerprint density at radius 3 is 2.70 bits per heavy atom. The second kappa shape index (κ2) is 6.95. The summed E-state index contributed by atoms with van der Waals surface area (Å²) >= 11 is 0. The van der Waals surface area contributed by atoms with Crippen LogP contribution in [0.4, 0.5) is 0 Å². The van der Waals surface area contributed by atoms with Crippen LogP contribution in [-0.4, -0.2) is 44.7 Å². The molecule has 0 bridgehead atoms. The van der Waals surface area contributed by atoms with Crippen molar-refractivity contribution in [1.82, 2.24) is 0 Å². The Morgan fingerprint density at radius 1 is 1.50 bits per heavy atom. The van der Waals surface area contributed by atoms with Crippen molar-refractivity contribution in [3.8, 4) is 0 Å². The molecule has 3 N–H and O–H groups in total. The van der Waals surface area contributed by atoms with Gasteiger partial charge in [-0.25, -0.2) is 0 Å². The molecule has 0 saturated carbocycles. The molecule has 0 saturated heterocycles. The maximum absolute atomic E-state index is 8.46. The minimum atomic E-state index is -0.267. The number of methoxy groups -OCH3 is 1. The minimum Gasteiger partial charge on any atom is -0.395 e. The van der Waals surface area contributed by atoms with Gasteiger partial charge in [-0.1, -0.05) is 0 Å². The van der Waals surface area contributed by atoms with E-state index in [1.807, 2.05) is 0 Å². The molecule has 0 radical (unpaired) electrons. The van der Waals surface area contributed by atoms with Crippen molar-refractivity contribution in [2.75, 3.05) is 33.5 Å². The summed E-state index contributed by atoms with van der Waals surface area (Å²) in [6, 6.07) is -0.267. The molecule has 4 nitrogen and oxygen atoms in total. The zero-order chi connectivity index (χ0) is 7.82. The lowest BCUT2D eigenvalue weighted by Gasteiger charge is -2.07. The number of ether oxygens (including phenoxy) is 2. The van der Waals surface area contributed by atoms with E-state index < -0.39 is 0 Å². The van der Waals surface area contributed by atoms with Crippen molar-refractivity contribution in [1.29, 1.82) is 0 Å². The predicted molar refractivity (Wildman–Crippen MR) is 37.8 cm³/mol. The average molecular weight is 149 g/mol. The Kier molecular flexibility index (Phi) is 6.84. The van der Waals surface area contributed by atoms with Gasteiger partial charge in [0.1, 0.15) is 0 Å². The summed E-state index contributed by atoms with van der Waals surface area (Å²) in [4.78, 5) is 0. The van der Waals surface area contributed by atoms with Gasteiger partial charge in [-0.15, -0.1) is 0 Å². The lowest BCUT2D eigenvalue weighted by atomic mass is 10.4. The molecule has 1 unspecified atom stereocenters. The number of aliphatic hydroxyl groups excluding tert-OH is 1. The molecule has 4 heteroatoms. The summed E-state index contributed by atoms with van der Waals surface area (Å²) in [5, 5.41) is 8.46. The number of nitrogens with two attached hydrogens (primary N) is 1. The van der Waals surface area contributed by atoms with Crippen LogP contribution in [0.25, 0.3) is 0 Å². The monoisotopic (exact) mass is 149 g/mol. The maximum Gasteiger partial charge on any atom is 0.0701 e. The number of hydrogen-bond donors (Lipinski definition) is 2. The lowest BCUT2D eigenvalue weighted by Crippen LogP contribution is -2.30. The van der Waals surface area contributed by atoms with Gasteiger partial charge in [0.05, 0.1) is 32.5 Å². The predicted octanol–water partition coefficient (Wildman–Crippen LogP) is -1.03. The largest absolute Gasteiger partial charge is 0.395 e. The van der Waals surface area contributed by atoms with Gasteiger partial charge in [0.2, 0.25) is 0 Å². The standard InChI is InChI=1S/C6H15NO3/c1-9-2-3-10-5-6(7)4-8/h6,8H,2-5,7H2,1H3. The molecule has 0 aliphatic rings. The van der Waals surface area contributed by atoms with E-state index in [4.69, 9.17) is 20.3 Å². The quantitative estimate of drug-likeness (QED) is 0.474. The fourth-order valence-electron chi connectivity index (χ4n) is 0.430. The fourth-order valence-corrected chi connectivity index (χ4v) is 0.430. The number of rotatable bonds is 6. The molecule has 1 atom stereocenters. The summed E-state index contributed by atoms with van der Waals surface area (Å²) < 4.78 is 9.75. The van der Waals surface area contributed by atoms with Gasteiger partial charge in [-0.3, -0.25) is 0 Å². The van der Waals surface area contributed by atoms with Crippen LogP contribution >= 0.6 is 0 Å². The first-order chi connectivity index (χ1) is 4.81. The van der Waals surface area contributed by atoms with Crippen molar-refractivity contribution < 1.29 is 14.6 Å². The molecular formula is C6H15NO3. The molecular weight excluding hydrogens is 134 g/mol. The second-order valence-corrected chi connectivity index (χ2v) is 2.01. The third-order valence-corrected chi connectivity index (χ3v) is 0.998. The van der Waals surface area contributed by atoms with Gasteiger partial charge in [-0.05, 0) is 0 Å². The Labute approximate surface area is 60.9 Å². The Bertz CT molecular complexity index is 70.0. The SMILES string of the molecule is COCCOCC(N)CO. The van der Waals surface area contributed by atoms with Crippen LogP contribution in [0.2, 0.25) is 0 Å². The van der Waals surface area contributed by atoms with E-state index in [0.717, 1.165) is 0 Å². The van der Waals surface area contributed by atoms with E-state index in [0.29, 0.717) is 19.8 Å². The number of hydrogen-bond acceptors (Lipinski definition) is 4. The van der Waals surface area contributed by atoms with Crippen LogP contribution in [0.5, 0.6) is 0 Å². The van der Waals surface area contributed by atoms with Crippen LogP contribution in [0.1, 0.15) is 0 Å². The Morgan fingerprint density at radius 2 is 2.20 bits per heavy atom. The van der Waals surface area contributed by atoms with Crippen molar-refractivity contribution in [2.24, 2.45) is 5.73 Å². The van der Waals surface area contributed by atoms with Crippen LogP contribution in [0, 0.1) is 0 Å². The normalized spacial score (nSPS) is 13.5. The van der Waals surface area contributed by atoms with Crippen molar-refractivity contribution >= 4 is 0 Å². The molecule has 0 aliphatic carbocycles. The molecule has 0 aromatic rings. The highest BCUT2D eigenvalue weighted by atomic mass is 16.5. The van der Waals surface area contributed by atoms with Crippen molar-refractivity contribution in [3.05, 3.63) is 0 Å². The first-order valence-corrected chi connectivity index (χ1v) is 3.24. The number of aliphatic hydroxyl groups is 1. The second-order valence-electron chi connectivity index (χ2n) is 2.01. The van der Waals surface area contributed by atoms with Crippen LogP contribution < -0.4 is 5.73 Å². The highest BCUT2D eigenvalue weighted by Gasteiger charge is 1.97. The summed E-state index contributed by atoms with van der Waals surface area (Å²) in [5.74, 6) is 0. The molecule has 0 aliphatic heterocycles. The molecule has 0 spiro atoms. The van der Waals surface area contributed by atoms with E-state index in [1.54, 1.807) is 7.11 Å². The molecule has 0 aromatic carbocycles. The van der Waals surface area contributed by atoms with Crippen molar-refractivity contribution in [3.63, 3.8) is 0 Å². The van der Waals surface area contributed by atoms with Crippen LogP contribution in [0.3, 0.4) is 0 Å². The zero-order valence-electron chi connectivity index (χ0n) is 6.25. The smallest absolute Gasteiger partial charge is 0.0701 e. The maximum atomic E-state index is 8.46. The van der Waals surface area contributed by atoms with Gasteiger partial charge in [-0.2, -0.15) is 0 Å². The lowest BCUT2D eigenvalue weighted by molar-refractivity contribution is 0.0551. The van der Waals surface area contributed by atoms with E-state index >= 15 is 0 Å². The first-order valence-electron chi connectivity index (χ1n) is 3.24. The fraction of sp³-hybridized carbons (Fsp3) is 1.00. The minimum absolute atomic E-state index is 0.0347. The average Bonchev–Trinajstić information content (AvgIpc) is 1.98. The van der Waals surface area contributed by atoms with Gasteiger partial charge in [0.25, 0.3) is 0 Å². The summed E-state index contributed by atoms with van der Waals surface area (Å²) in [5.41, 5.74) is 5.34. The summed E-state index contributed by atoms with van der Waals surface area (Å²) in [7, 11) is 1.61. The Hall–Kier alpha value is -0.160. The van der Waals surface area contributed by atoms with E-state index in [1.165, 1.54) is 0 Å². The molecule has 0 fully saturated rings. The van der Waals surface area contributed by atoms with Gasteiger partial charge >= 0.3 is 0 Å². The topological polar surface area (TPSA) is 64.7 Å². The highest BCUT2D eigenvalue weighted by molar-refractivity contribution is 4.55. The molecule has 0 rings (SSSR count). The van der Waals surface area contributed by atoms with Crippen LogP contribution in [0.15, 0.2) is 0 Å². The summed E-state index contributed by atoms with van der Waals surface area (Å²) in [6.07, 6.45) is 0. The highest BCUT2D eigenvalue weighted by Crippen LogP contribution is 1.80. The van der Waals surface area contributed by atoms with E-state index in [9.17, 15) is 0 Å².